The second-order valence-corrected chi connectivity index (χ2v) is 8.88. The van der Waals surface area contributed by atoms with Gasteiger partial charge in [-0.15, -0.1) is 5.10 Å². The van der Waals surface area contributed by atoms with E-state index in [1.807, 2.05) is 71.6 Å². The van der Waals surface area contributed by atoms with E-state index in [0.29, 0.717) is 15.3 Å². The quantitative estimate of drug-likeness (QED) is 0.397. The molecular weight excluding hydrogens is 444 g/mol. The Balaban J connectivity index is 1.50. The smallest absolute Gasteiger partial charge is 0.266 e. The summed E-state index contributed by atoms with van der Waals surface area (Å²) < 4.78 is 3.74. The molecule has 164 valence electrons. The summed E-state index contributed by atoms with van der Waals surface area (Å²) in [6.45, 7) is 2.05. The predicted molar refractivity (Wildman–Crippen MR) is 133 cm³/mol. The lowest BCUT2D eigenvalue weighted by atomic mass is 10.1. The fourth-order valence-corrected chi connectivity index (χ4v) is 4.63. The van der Waals surface area contributed by atoms with Crippen LogP contribution in [0.2, 0.25) is 0 Å². The molecule has 0 aliphatic rings. The number of rotatable bonds is 4. The fourth-order valence-electron chi connectivity index (χ4n) is 3.73. The number of aromatic nitrogens is 6. The Hall–Kier alpha value is -4.43. The van der Waals surface area contributed by atoms with Gasteiger partial charge in [-0.1, -0.05) is 59.4 Å². The average Bonchev–Trinajstić information content (AvgIpc) is 3.56. The standard InChI is InChI=1S/C26H18N6OS/c1-17-9-11-18(12-10-17)23-20(16-31(29-23)21-7-3-2-4-8-21)14-22-25(33)32-26(34-22)28-24(30-32)19-6-5-13-27-15-19/h2-16H,1H3/b22-14-. The van der Waals surface area contributed by atoms with Crippen molar-refractivity contribution in [2.24, 2.45) is 0 Å². The van der Waals surface area contributed by atoms with E-state index >= 15 is 0 Å². The molecule has 2 aromatic carbocycles. The van der Waals surface area contributed by atoms with Crippen LogP contribution in [0.15, 0.2) is 90.1 Å². The van der Waals surface area contributed by atoms with Crippen molar-refractivity contribution in [1.82, 2.24) is 29.4 Å². The minimum atomic E-state index is -0.204. The van der Waals surface area contributed by atoms with E-state index in [-0.39, 0.29) is 5.56 Å². The summed E-state index contributed by atoms with van der Waals surface area (Å²) in [7, 11) is 0. The lowest BCUT2D eigenvalue weighted by Crippen LogP contribution is -2.23. The van der Waals surface area contributed by atoms with Crippen LogP contribution in [-0.2, 0) is 0 Å². The second-order valence-electron chi connectivity index (χ2n) is 7.87. The molecule has 34 heavy (non-hydrogen) atoms. The van der Waals surface area contributed by atoms with Gasteiger partial charge in [0.1, 0.15) is 0 Å². The van der Waals surface area contributed by atoms with Crippen molar-refractivity contribution in [1.29, 1.82) is 0 Å². The highest BCUT2D eigenvalue weighted by atomic mass is 32.1. The normalized spacial score (nSPS) is 12.0. The molecule has 0 unspecified atom stereocenters. The van der Waals surface area contributed by atoms with Crippen LogP contribution in [0.5, 0.6) is 0 Å². The molecule has 4 heterocycles. The third-order valence-electron chi connectivity index (χ3n) is 5.48. The molecule has 0 bridgehead atoms. The van der Waals surface area contributed by atoms with E-state index in [1.165, 1.54) is 21.4 Å². The van der Waals surface area contributed by atoms with Crippen LogP contribution in [0.1, 0.15) is 11.1 Å². The van der Waals surface area contributed by atoms with Crippen molar-refractivity contribution >= 4 is 22.4 Å². The van der Waals surface area contributed by atoms with Gasteiger partial charge in [-0.25, -0.2) is 4.68 Å². The number of aryl methyl sites for hydroxylation is 1. The number of nitrogens with zero attached hydrogens (tertiary/aromatic N) is 6. The van der Waals surface area contributed by atoms with Crippen LogP contribution < -0.4 is 10.1 Å². The maximum Gasteiger partial charge on any atom is 0.291 e. The first kappa shape index (κ1) is 20.2. The fraction of sp³-hybridized carbons (Fsp3) is 0.0385. The van der Waals surface area contributed by atoms with E-state index in [4.69, 9.17) is 5.10 Å². The molecule has 4 aromatic heterocycles. The Labute approximate surface area is 198 Å². The zero-order chi connectivity index (χ0) is 23.1. The lowest BCUT2D eigenvalue weighted by Gasteiger charge is -2.01. The largest absolute Gasteiger partial charge is 0.291 e. The highest BCUT2D eigenvalue weighted by Crippen LogP contribution is 2.25. The Kier molecular flexibility index (Phi) is 4.85. The van der Waals surface area contributed by atoms with Crippen LogP contribution in [0, 0.1) is 6.92 Å². The minimum absolute atomic E-state index is 0.204. The molecule has 0 atom stereocenters. The van der Waals surface area contributed by atoms with Gasteiger partial charge in [-0.3, -0.25) is 9.78 Å². The maximum atomic E-state index is 13.1. The molecule has 0 saturated carbocycles. The molecule has 6 aromatic rings. The summed E-state index contributed by atoms with van der Waals surface area (Å²) in [6, 6.07) is 21.8. The minimum Gasteiger partial charge on any atom is -0.266 e. The van der Waals surface area contributed by atoms with Crippen molar-refractivity contribution in [2.75, 3.05) is 0 Å². The lowest BCUT2D eigenvalue weighted by molar-refractivity contribution is 0.884. The molecule has 0 saturated heterocycles. The molecule has 0 N–H and O–H groups in total. The van der Waals surface area contributed by atoms with Gasteiger partial charge in [0.15, 0.2) is 5.82 Å². The molecule has 0 aliphatic carbocycles. The Morgan fingerprint density at radius 3 is 2.47 bits per heavy atom. The van der Waals surface area contributed by atoms with Gasteiger partial charge in [0.2, 0.25) is 4.96 Å². The summed E-state index contributed by atoms with van der Waals surface area (Å²) in [6.07, 6.45) is 7.19. The molecule has 8 heteroatoms. The van der Waals surface area contributed by atoms with Gasteiger partial charge < -0.3 is 0 Å². The number of benzene rings is 2. The van der Waals surface area contributed by atoms with Crippen LogP contribution in [0.4, 0.5) is 0 Å². The zero-order valence-electron chi connectivity index (χ0n) is 18.2. The highest BCUT2D eigenvalue weighted by molar-refractivity contribution is 7.15. The van der Waals surface area contributed by atoms with Gasteiger partial charge in [0.05, 0.1) is 15.9 Å². The number of fused-ring (bicyclic) bond motifs is 1. The van der Waals surface area contributed by atoms with E-state index in [1.54, 1.807) is 12.4 Å². The van der Waals surface area contributed by atoms with E-state index in [2.05, 4.69) is 34.1 Å². The van der Waals surface area contributed by atoms with Gasteiger partial charge in [-0.05, 0) is 37.3 Å². The molecule has 6 rings (SSSR count). The highest BCUT2D eigenvalue weighted by Gasteiger charge is 2.15. The summed E-state index contributed by atoms with van der Waals surface area (Å²) in [4.78, 5) is 22.3. The molecule has 0 aliphatic heterocycles. The number of pyridine rings is 1. The molecule has 0 spiro atoms. The number of hydrogen-bond donors (Lipinski definition) is 0. The average molecular weight is 463 g/mol. The van der Waals surface area contributed by atoms with Crippen LogP contribution in [-0.4, -0.2) is 29.4 Å². The first-order chi connectivity index (χ1) is 16.7. The van der Waals surface area contributed by atoms with Gasteiger partial charge in [-0.2, -0.15) is 14.6 Å². The van der Waals surface area contributed by atoms with Crippen LogP contribution in [0.3, 0.4) is 0 Å². The first-order valence-electron chi connectivity index (χ1n) is 10.7. The summed E-state index contributed by atoms with van der Waals surface area (Å²) >= 11 is 1.31. The third-order valence-corrected chi connectivity index (χ3v) is 6.44. The van der Waals surface area contributed by atoms with E-state index in [0.717, 1.165) is 28.1 Å². The van der Waals surface area contributed by atoms with Crippen molar-refractivity contribution in [3.63, 3.8) is 0 Å². The third kappa shape index (κ3) is 3.60. The Bertz CT molecular complexity index is 1720. The second kappa shape index (κ2) is 8.17. The maximum absolute atomic E-state index is 13.1. The molecule has 0 fully saturated rings. The SMILES string of the molecule is Cc1ccc(-c2nn(-c3ccccc3)cc2/C=c2\sc3nc(-c4cccnc4)nn3c2=O)cc1. The van der Waals surface area contributed by atoms with Crippen molar-refractivity contribution < 1.29 is 0 Å². The number of thiazole rings is 1. The summed E-state index contributed by atoms with van der Waals surface area (Å²) in [5.41, 5.74) is 5.33. The summed E-state index contributed by atoms with van der Waals surface area (Å²) in [5, 5.41) is 9.26. The summed E-state index contributed by atoms with van der Waals surface area (Å²) in [5.74, 6) is 0.486. The van der Waals surface area contributed by atoms with E-state index < -0.39 is 0 Å². The van der Waals surface area contributed by atoms with Crippen molar-refractivity contribution in [3.8, 4) is 28.3 Å². The molecule has 0 amide bonds. The van der Waals surface area contributed by atoms with Crippen LogP contribution in [0.25, 0.3) is 39.4 Å². The Morgan fingerprint density at radius 2 is 1.74 bits per heavy atom. The number of hydrogen-bond acceptors (Lipinski definition) is 6. The van der Waals surface area contributed by atoms with Gasteiger partial charge >= 0.3 is 0 Å². The van der Waals surface area contributed by atoms with Crippen molar-refractivity contribution in [3.05, 3.63) is 111 Å². The predicted octanol–water partition coefficient (Wildman–Crippen LogP) is 3.92. The van der Waals surface area contributed by atoms with Crippen molar-refractivity contribution in [2.45, 2.75) is 6.92 Å². The zero-order valence-corrected chi connectivity index (χ0v) is 19.0. The topological polar surface area (TPSA) is 78.0 Å². The molecule has 0 radical (unpaired) electrons. The molecule has 7 nitrogen and oxygen atoms in total. The molecular formula is C26H18N6OS. The van der Waals surface area contributed by atoms with Gasteiger partial charge in [0, 0.05) is 35.3 Å². The monoisotopic (exact) mass is 462 g/mol. The van der Waals surface area contributed by atoms with Gasteiger partial charge in [0.25, 0.3) is 5.56 Å². The van der Waals surface area contributed by atoms with Crippen LogP contribution >= 0.6 is 11.3 Å². The number of para-hydroxylation sites is 1. The Morgan fingerprint density at radius 1 is 0.912 bits per heavy atom. The first-order valence-corrected chi connectivity index (χ1v) is 11.5. The van der Waals surface area contributed by atoms with E-state index in [9.17, 15) is 4.79 Å².